The average molecular weight is 350 g/mol. The van der Waals surface area contributed by atoms with Crippen LogP contribution in [0.4, 0.5) is 4.39 Å². The number of aryl methyl sites for hydroxylation is 2. The molecule has 4 rings (SSSR count). The van der Waals surface area contributed by atoms with E-state index in [2.05, 4.69) is 52.8 Å². The zero-order valence-corrected chi connectivity index (χ0v) is 16.3. The second-order valence-electron chi connectivity index (χ2n) is 8.68. The van der Waals surface area contributed by atoms with Gasteiger partial charge in [-0.15, -0.1) is 0 Å². The molecule has 2 aromatic carbocycles. The van der Waals surface area contributed by atoms with E-state index < -0.39 is 0 Å². The lowest BCUT2D eigenvalue weighted by Crippen LogP contribution is -2.32. The first kappa shape index (κ1) is 17.0. The molecule has 0 N–H and O–H groups in total. The minimum absolute atomic E-state index is 0.174. The average Bonchev–Trinajstić information content (AvgIpc) is 2.53. The third-order valence-corrected chi connectivity index (χ3v) is 5.19. The van der Waals surface area contributed by atoms with E-state index in [1.54, 1.807) is 6.20 Å². The Morgan fingerprint density at radius 1 is 1.12 bits per heavy atom. The van der Waals surface area contributed by atoms with Crippen LogP contribution in [0.5, 0.6) is 11.5 Å². The molecular formula is C23H25FNO+. The molecule has 0 bridgehead atoms. The summed E-state index contributed by atoms with van der Waals surface area (Å²) in [5.74, 6) is 0.766. The van der Waals surface area contributed by atoms with Crippen molar-refractivity contribution in [2.24, 2.45) is 12.5 Å². The Bertz CT molecular complexity index is 1060. The third-order valence-electron chi connectivity index (χ3n) is 5.19. The maximum Gasteiger partial charge on any atom is 0.259 e. The molecule has 2 heterocycles. The second-order valence-corrected chi connectivity index (χ2v) is 8.68. The molecule has 0 aliphatic carbocycles. The van der Waals surface area contributed by atoms with Crippen molar-refractivity contribution >= 4 is 10.8 Å². The highest BCUT2D eigenvalue weighted by Gasteiger charge is 2.32. The van der Waals surface area contributed by atoms with E-state index in [9.17, 15) is 4.39 Å². The number of hydrogen-bond acceptors (Lipinski definition) is 1. The summed E-state index contributed by atoms with van der Waals surface area (Å²) in [5.41, 5.74) is 5.68. The fourth-order valence-electron chi connectivity index (χ4n) is 3.99. The van der Waals surface area contributed by atoms with Crippen LogP contribution in [-0.2, 0) is 13.5 Å². The Balaban J connectivity index is 2.10. The molecule has 2 nitrogen and oxygen atoms in total. The highest BCUT2D eigenvalue weighted by atomic mass is 19.1. The van der Waals surface area contributed by atoms with Gasteiger partial charge in [-0.05, 0) is 53.8 Å². The SMILES string of the molecule is Cc1cc2cc(CC(C)(C)C)cc3c2c(c1C)-c1c(c(F)cc[n+]1C)O3. The van der Waals surface area contributed by atoms with Crippen molar-refractivity contribution in [3.63, 3.8) is 0 Å². The fraction of sp³-hybridized carbons (Fsp3) is 0.348. The molecule has 0 atom stereocenters. The van der Waals surface area contributed by atoms with Crippen molar-refractivity contribution in [2.45, 2.75) is 41.0 Å². The molecule has 1 aliphatic heterocycles. The Hall–Kier alpha value is -2.42. The van der Waals surface area contributed by atoms with E-state index in [1.165, 1.54) is 22.8 Å². The van der Waals surface area contributed by atoms with Crippen LogP contribution in [0.1, 0.15) is 37.5 Å². The first-order chi connectivity index (χ1) is 12.2. The predicted octanol–water partition coefficient (Wildman–Crippen LogP) is 5.78. The maximum absolute atomic E-state index is 14.6. The van der Waals surface area contributed by atoms with Gasteiger partial charge in [0, 0.05) is 11.5 Å². The summed E-state index contributed by atoms with van der Waals surface area (Å²) in [7, 11) is 1.94. The summed E-state index contributed by atoms with van der Waals surface area (Å²) in [5, 5.41) is 2.24. The number of pyridine rings is 1. The van der Waals surface area contributed by atoms with Gasteiger partial charge in [0.2, 0.25) is 5.75 Å². The third kappa shape index (κ3) is 2.57. The van der Waals surface area contributed by atoms with Gasteiger partial charge in [0.05, 0.1) is 5.56 Å². The quantitative estimate of drug-likeness (QED) is 0.397. The number of benzene rings is 2. The lowest BCUT2D eigenvalue weighted by Gasteiger charge is -2.24. The molecule has 0 unspecified atom stereocenters. The number of ether oxygens (including phenoxy) is 1. The lowest BCUT2D eigenvalue weighted by molar-refractivity contribution is -0.660. The molecule has 3 aromatic rings. The zero-order chi connectivity index (χ0) is 18.8. The van der Waals surface area contributed by atoms with Gasteiger partial charge in [-0.25, -0.2) is 4.39 Å². The van der Waals surface area contributed by atoms with E-state index in [0.717, 1.165) is 34.2 Å². The second kappa shape index (κ2) is 5.54. The molecule has 134 valence electrons. The summed E-state index contributed by atoms with van der Waals surface area (Å²) in [6.45, 7) is 10.9. The number of nitrogens with zero attached hydrogens (tertiary/aromatic N) is 1. The van der Waals surface area contributed by atoms with E-state index in [0.29, 0.717) is 5.75 Å². The van der Waals surface area contributed by atoms with Gasteiger partial charge in [0.1, 0.15) is 12.8 Å². The molecule has 0 fully saturated rings. The molecule has 0 saturated carbocycles. The number of fused-ring (bicyclic) bond motifs is 2. The minimum atomic E-state index is -0.320. The van der Waals surface area contributed by atoms with Crippen LogP contribution in [0.2, 0.25) is 0 Å². The van der Waals surface area contributed by atoms with Crippen LogP contribution >= 0.6 is 0 Å². The van der Waals surface area contributed by atoms with Gasteiger partial charge in [-0.2, -0.15) is 4.57 Å². The van der Waals surface area contributed by atoms with Gasteiger partial charge < -0.3 is 4.74 Å². The Labute approximate surface area is 154 Å². The van der Waals surface area contributed by atoms with Crippen LogP contribution in [-0.4, -0.2) is 0 Å². The van der Waals surface area contributed by atoms with Crippen LogP contribution in [0.3, 0.4) is 0 Å². The molecule has 26 heavy (non-hydrogen) atoms. The highest BCUT2D eigenvalue weighted by Crippen LogP contribution is 2.48. The summed E-state index contributed by atoms with van der Waals surface area (Å²) >= 11 is 0. The first-order valence-electron chi connectivity index (χ1n) is 9.09. The van der Waals surface area contributed by atoms with Crippen molar-refractivity contribution < 1.29 is 13.7 Å². The highest BCUT2D eigenvalue weighted by molar-refractivity contribution is 6.04. The molecule has 3 heteroatoms. The predicted molar refractivity (Wildman–Crippen MR) is 103 cm³/mol. The van der Waals surface area contributed by atoms with E-state index >= 15 is 0 Å². The molecule has 1 aromatic heterocycles. The Kier molecular flexibility index (Phi) is 3.62. The smallest absolute Gasteiger partial charge is 0.259 e. The van der Waals surface area contributed by atoms with E-state index in [1.807, 2.05) is 11.6 Å². The summed E-state index contributed by atoms with van der Waals surface area (Å²) in [6.07, 6.45) is 2.70. The van der Waals surface area contributed by atoms with Crippen molar-refractivity contribution in [1.29, 1.82) is 0 Å². The van der Waals surface area contributed by atoms with Gasteiger partial charge in [-0.3, -0.25) is 0 Å². The summed E-state index contributed by atoms with van der Waals surface area (Å²) < 4.78 is 22.7. The molecule has 0 spiro atoms. The van der Waals surface area contributed by atoms with Crippen molar-refractivity contribution in [2.75, 3.05) is 0 Å². The maximum atomic E-state index is 14.6. The number of aromatic nitrogens is 1. The van der Waals surface area contributed by atoms with Crippen molar-refractivity contribution in [3.8, 4) is 22.8 Å². The topological polar surface area (TPSA) is 13.1 Å². The van der Waals surface area contributed by atoms with Gasteiger partial charge in [-0.1, -0.05) is 32.9 Å². The van der Waals surface area contributed by atoms with Crippen molar-refractivity contribution in [3.05, 3.63) is 53.0 Å². The van der Waals surface area contributed by atoms with Crippen molar-refractivity contribution in [1.82, 2.24) is 0 Å². The first-order valence-corrected chi connectivity index (χ1v) is 9.09. The molecular weight excluding hydrogens is 325 g/mol. The Morgan fingerprint density at radius 2 is 1.85 bits per heavy atom. The standard InChI is InChI=1S/C23H25FNO/c1-13-9-16-10-15(12-23(3,4)5)11-18-20(16)19(14(13)2)21-22(26-18)17(24)7-8-25(21)6/h7-11H,12H2,1-6H3/q+1. The van der Waals surface area contributed by atoms with Gasteiger partial charge >= 0.3 is 0 Å². The van der Waals surface area contributed by atoms with Gasteiger partial charge in [0.15, 0.2) is 12.0 Å². The fourth-order valence-corrected chi connectivity index (χ4v) is 3.99. The molecule has 0 saturated heterocycles. The zero-order valence-electron chi connectivity index (χ0n) is 16.3. The van der Waals surface area contributed by atoms with E-state index in [-0.39, 0.29) is 11.2 Å². The van der Waals surface area contributed by atoms with E-state index in [4.69, 9.17) is 4.74 Å². The number of hydrogen-bond donors (Lipinski definition) is 0. The number of rotatable bonds is 1. The monoisotopic (exact) mass is 350 g/mol. The molecule has 1 aliphatic rings. The van der Waals surface area contributed by atoms with Crippen LogP contribution in [0.15, 0.2) is 30.5 Å². The lowest BCUT2D eigenvalue weighted by atomic mass is 9.85. The van der Waals surface area contributed by atoms with Gasteiger partial charge in [0.25, 0.3) is 5.69 Å². The molecule has 0 radical (unpaired) electrons. The van der Waals surface area contributed by atoms with Crippen LogP contribution in [0, 0.1) is 25.1 Å². The Morgan fingerprint density at radius 3 is 2.54 bits per heavy atom. The largest absolute Gasteiger partial charge is 0.447 e. The molecule has 0 amide bonds. The summed E-state index contributed by atoms with van der Waals surface area (Å²) in [6, 6.07) is 8.03. The van der Waals surface area contributed by atoms with Crippen LogP contribution < -0.4 is 9.30 Å². The normalized spacial score (nSPS) is 12.9. The van der Waals surface area contributed by atoms with Crippen LogP contribution in [0.25, 0.3) is 22.0 Å². The minimum Gasteiger partial charge on any atom is -0.447 e. The summed E-state index contributed by atoms with van der Waals surface area (Å²) in [4.78, 5) is 0. The number of halogens is 1.